The predicted molar refractivity (Wildman–Crippen MR) is 78.9 cm³/mol. The summed E-state index contributed by atoms with van der Waals surface area (Å²) in [4.78, 5) is 13.3. The molecule has 0 unspecified atom stereocenters. The van der Waals surface area contributed by atoms with Crippen molar-refractivity contribution in [3.63, 3.8) is 0 Å². The molecular formula is C12H12ClN3O2S. The highest BCUT2D eigenvalue weighted by molar-refractivity contribution is 7.16. The molecule has 0 aliphatic rings. The number of nitro groups is 1. The van der Waals surface area contributed by atoms with Crippen LogP contribution in [0.25, 0.3) is 0 Å². The Morgan fingerprint density at radius 2 is 2.16 bits per heavy atom. The number of anilines is 2. The Morgan fingerprint density at radius 3 is 2.74 bits per heavy atom. The zero-order valence-electron chi connectivity index (χ0n) is 10.2. The third-order valence-electron chi connectivity index (χ3n) is 2.60. The Morgan fingerprint density at radius 1 is 1.42 bits per heavy atom. The zero-order chi connectivity index (χ0) is 14.0. The molecule has 0 spiro atoms. The molecule has 0 fully saturated rings. The van der Waals surface area contributed by atoms with Gasteiger partial charge < -0.3 is 10.6 Å². The second-order valence-electron chi connectivity index (χ2n) is 4.10. The average molecular weight is 298 g/mol. The maximum atomic E-state index is 10.8. The van der Waals surface area contributed by atoms with Crippen LogP contribution in [0.2, 0.25) is 4.34 Å². The fraction of sp³-hybridized carbons (Fsp3) is 0.167. The molecule has 19 heavy (non-hydrogen) atoms. The second-order valence-corrected chi connectivity index (χ2v) is 5.90. The van der Waals surface area contributed by atoms with Crippen molar-refractivity contribution >= 4 is 40.0 Å². The largest absolute Gasteiger partial charge is 0.398 e. The SMILES string of the molecule is CN(Cc1ccc(Cl)s1)c1cc(N)cc([N+](=O)[O-])c1. The Labute approximate surface area is 119 Å². The van der Waals surface area contributed by atoms with Crippen LogP contribution in [0.1, 0.15) is 4.88 Å². The molecule has 2 aromatic rings. The minimum Gasteiger partial charge on any atom is -0.398 e. The lowest BCUT2D eigenvalue weighted by Gasteiger charge is -2.18. The Bertz CT molecular complexity index is 615. The molecule has 2 N–H and O–H groups in total. The minimum atomic E-state index is -0.449. The summed E-state index contributed by atoms with van der Waals surface area (Å²) >= 11 is 7.36. The smallest absolute Gasteiger partial charge is 0.273 e. The predicted octanol–water partition coefficient (Wildman–Crippen LogP) is 3.53. The van der Waals surface area contributed by atoms with Gasteiger partial charge >= 0.3 is 0 Å². The monoisotopic (exact) mass is 297 g/mol. The van der Waals surface area contributed by atoms with E-state index in [2.05, 4.69) is 0 Å². The van der Waals surface area contributed by atoms with E-state index in [0.717, 1.165) is 9.21 Å². The van der Waals surface area contributed by atoms with E-state index in [-0.39, 0.29) is 5.69 Å². The fourth-order valence-electron chi connectivity index (χ4n) is 1.71. The van der Waals surface area contributed by atoms with Gasteiger partial charge in [-0.05, 0) is 18.2 Å². The second kappa shape index (κ2) is 5.46. The molecule has 1 aromatic heterocycles. The van der Waals surface area contributed by atoms with E-state index in [1.165, 1.54) is 23.5 Å². The van der Waals surface area contributed by atoms with E-state index in [4.69, 9.17) is 17.3 Å². The number of hydrogen-bond acceptors (Lipinski definition) is 5. The number of nitrogens with two attached hydrogens (primary N) is 1. The van der Waals surface area contributed by atoms with Gasteiger partial charge in [-0.15, -0.1) is 11.3 Å². The highest BCUT2D eigenvalue weighted by Gasteiger charge is 2.12. The number of nitro benzene ring substituents is 1. The molecule has 2 rings (SSSR count). The van der Waals surface area contributed by atoms with Crippen molar-refractivity contribution in [2.24, 2.45) is 0 Å². The third kappa shape index (κ3) is 3.36. The van der Waals surface area contributed by atoms with Crippen molar-refractivity contribution in [3.05, 3.63) is 49.7 Å². The van der Waals surface area contributed by atoms with Gasteiger partial charge in [0.05, 0.1) is 15.8 Å². The molecule has 100 valence electrons. The molecule has 0 bridgehead atoms. The van der Waals surface area contributed by atoms with Crippen LogP contribution in [0.3, 0.4) is 0 Å². The Hall–Kier alpha value is -1.79. The number of non-ortho nitro benzene ring substituents is 1. The number of nitrogen functional groups attached to an aromatic ring is 1. The van der Waals surface area contributed by atoms with Crippen molar-refractivity contribution in [1.29, 1.82) is 0 Å². The molecular weight excluding hydrogens is 286 g/mol. The van der Waals surface area contributed by atoms with Crippen LogP contribution in [0, 0.1) is 10.1 Å². The van der Waals surface area contributed by atoms with Crippen LogP contribution >= 0.6 is 22.9 Å². The molecule has 0 aliphatic heterocycles. The number of nitrogens with zero attached hydrogens (tertiary/aromatic N) is 2. The van der Waals surface area contributed by atoms with E-state index in [9.17, 15) is 10.1 Å². The van der Waals surface area contributed by atoms with Crippen LogP contribution in [-0.4, -0.2) is 12.0 Å². The summed E-state index contributed by atoms with van der Waals surface area (Å²) in [5, 5.41) is 10.8. The molecule has 0 saturated heterocycles. The van der Waals surface area contributed by atoms with Gasteiger partial charge in [-0.25, -0.2) is 0 Å². The molecule has 7 heteroatoms. The lowest BCUT2D eigenvalue weighted by atomic mass is 10.2. The number of thiophene rings is 1. The lowest BCUT2D eigenvalue weighted by molar-refractivity contribution is -0.384. The summed E-state index contributed by atoms with van der Waals surface area (Å²) in [6, 6.07) is 8.33. The molecule has 0 saturated carbocycles. The third-order valence-corrected chi connectivity index (χ3v) is 3.81. The van der Waals surface area contributed by atoms with Crippen molar-refractivity contribution in [1.82, 2.24) is 0 Å². The van der Waals surface area contributed by atoms with E-state index < -0.39 is 4.92 Å². The molecule has 0 radical (unpaired) electrons. The maximum Gasteiger partial charge on any atom is 0.273 e. The minimum absolute atomic E-state index is 0.00828. The fourth-order valence-corrected chi connectivity index (χ4v) is 2.85. The van der Waals surface area contributed by atoms with Crippen LogP contribution in [-0.2, 0) is 6.54 Å². The van der Waals surface area contributed by atoms with E-state index in [1.807, 2.05) is 24.1 Å². The number of halogens is 1. The molecule has 1 aromatic carbocycles. The lowest BCUT2D eigenvalue weighted by Crippen LogP contribution is -2.15. The van der Waals surface area contributed by atoms with Crippen molar-refractivity contribution in [2.75, 3.05) is 17.7 Å². The molecule has 5 nitrogen and oxygen atoms in total. The van der Waals surface area contributed by atoms with Gasteiger partial charge in [-0.3, -0.25) is 10.1 Å². The highest BCUT2D eigenvalue weighted by atomic mass is 35.5. The average Bonchev–Trinajstić information content (AvgIpc) is 2.73. The maximum absolute atomic E-state index is 10.8. The van der Waals surface area contributed by atoms with Gasteiger partial charge in [0.2, 0.25) is 0 Å². The Kier molecular flexibility index (Phi) is 3.92. The molecule has 0 atom stereocenters. The zero-order valence-corrected chi connectivity index (χ0v) is 11.7. The molecule has 0 amide bonds. The summed E-state index contributed by atoms with van der Waals surface area (Å²) in [6.45, 7) is 0.623. The van der Waals surface area contributed by atoms with Crippen molar-refractivity contribution in [3.8, 4) is 0 Å². The van der Waals surface area contributed by atoms with Gasteiger partial charge in [-0.1, -0.05) is 11.6 Å². The standard InChI is InChI=1S/C12H12ClN3O2S/c1-15(7-11-2-3-12(13)19-11)9-4-8(14)5-10(6-9)16(17)18/h2-6H,7,14H2,1H3. The van der Waals surface area contributed by atoms with E-state index >= 15 is 0 Å². The summed E-state index contributed by atoms with van der Waals surface area (Å²) in [5.41, 5.74) is 6.75. The quantitative estimate of drug-likeness (QED) is 0.532. The topological polar surface area (TPSA) is 72.4 Å². The van der Waals surface area contributed by atoms with Gasteiger partial charge in [0.15, 0.2) is 0 Å². The van der Waals surface area contributed by atoms with Crippen molar-refractivity contribution < 1.29 is 4.92 Å². The van der Waals surface area contributed by atoms with Crippen LogP contribution in [0.5, 0.6) is 0 Å². The number of rotatable bonds is 4. The first kappa shape index (κ1) is 13.6. The summed E-state index contributed by atoms with van der Waals surface area (Å²) in [5.74, 6) is 0. The van der Waals surface area contributed by atoms with Gasteiger partial charge in [0.1, 0.15) is 0 Å². The van der Waals surface area contributed by atoms with Gasteiger partial charge in [0.25, 0.3) is 5.69 Å². The first-order chi connectivity index (χ1) is 8.95. The van der Waals surface area contributed by atoms with Crippen molar-refractivity contribution in [2.45, 2.75) is 6.54 Å². The number of hydrogen-bond donors (Lipinski definition) is 1. The van der Waals surface area contributed by atoms with E-state index in [0.29, 0.717) is 17.9 Å². The van der Waals surface area contributed by atoms with Gasteiger partial charge in [0, 0.05) is 35.4 Å². The van der Waals surface area contributed by atoms with Crippen LogP contribution in [0.4, 0.5) is 17.1 Å². The van der Waals surface area contributed by atoms with Crippen LogP contribution < -0.4 is 10.6 Å². The summed E-state index contributed by atoms with van der Waals surface area (Å²) in [6.07, 6.45) is 0. The summed E-state index contributed by atoms with van der Waals surface area (Å²) < 4.78 is 0.724. The first-order valence-corrected chi connectivity index (χ1v) is 6.65. The van der Waals surface area contributed by atoms with Crippen LogP contribution in [0.15, 0.2) is 30.3 Å². The van der Waals surface area contributed by atoms with E-state index in [1.54, 1.807) is 6.07 Å². The molecule has 0 aliphatic carbocycles. The summed E-state index contributed by atoms with van der Waals surface area (Å²) in [7, 11) is 1.85. The normalized spacial score (nSPS) is 10.4. The Balaban J connectivity index is 2.23. The first-order valence-electron chi connectivity index (χ1n) is 5.46. The van der Waals surface area contributed by atoms with Gasteiger partial charge in [-0.2, -0.15) is 0 Å². The molecule has 1 heterocycles. The number of benzene rings is 1. The highest BCUT2D eigenvalue weighted by Crippen LogP contribution is 2.28.